The van der Waals surface area contributed by atoms with E-state index in [-0.39, 0.29) is 0 Å². The molecule has 1 aromatic carbocycles. The van der Waals surface area contributed by atoms with Crippen LogP contribution >= 0.6 is 23.2 Å². The van der Waals surface area contributed by atoms with E-state index in [0.29, 0.717) is 15.7 Å². The van der Waals surface area contributed by atoms with Gasteiger partial charge in [0.2, 0.25) is 0 Å². The average molecular weight is 276 g/mol. The number of hydrogen-bond donors (Lipinski definition) is 1. The minimum atomic E-state index is -0.544. The maximum atomic E-state index is 11.6. The standard InChI is InChI=1S/C12H15Cl2NO2/c1-7-8(13)5-6-9(10(7)14)15-11(16)17-12(2,3)4/h5-6H,1-4H3,(H,15,16). The van der Waals surface area contributed by atoms with Crippen LogP contribution in [0.5, 0.6) is 0 Å². The van der Waals surface area contributed by atoms with Gasteiger partial charge in [0.05, 0.1) is 10.7 Å². The zero-order chi connectivity index (χ0) is 13.2. The number of carbonyl (C=O) groups is 1. The molecule has 5 heteroatoms. The Balaban J connectivity index is 2.83. The topological polar surface area (TPSA) is 38.3 Å². The third-order valence-corrected chi connectivity index (χ3v) is 2.85. The van der Waals surface area contributed by atoms with Gasteiger partial charge in [-0.2, -0.15) is 0 Å². The number of rotatable bonds is 1. The molecule has 0 saturated heterocycles. The highest BCUT2D eigenvalue weighted by Crippen LogP contribution is 2.31. The van der Waals surface area contributed by atoms with E-state index >= 15 is 0 Å². The summed E-state index contributed by atoms with van der Waals surface area (Å²) in [6, 6.07) is 3.32. The monoisotopic (exact) mass is 275 g/mol. The molecular weight excluding hydrogens is 261 g/mol. The van der Waals surface area contributed by atoms with Crippen LogP contribution in [0.1, 0.15) is 26.3 Å². The second-order valence-electron chi connectivity index (χ2n) is 4.66. The number of ether oxygens (including phenoxy) is 1. The van der Waals surface area contributed by atoms with Gasteiger partial charge in [0.15, 0.2) is 0 Å². The molecule has 0 aliphatic carbocycles. The summed E-state index contributed by atoms with van der Waals surface area (Å²) in [5, 5.41) is 3.56. The van der Waals surface area contributed by atoms with Crippen LogP contribution in [0.15, 0.2) is 12.1 Å². The third kappa shape index (κ3) is 4.10. The molecule has 1 N–H and O–H groups in total. The Kier molecular flexibility index (Phi) is 4.28. The fourth-order valence-corrected chi connectivity index (χ4v) is 1.59. The van der Waals surface area contributed by atoms with Crippen LogP contribution in [0.25, 0.3) is 0 Å². The van der Waals surface area contributed by atoms with E-state index in [1.165, 1.54) is 0 Å². The van der Waals surface area contributed by atoms with Gasteiger partial charge in [-0.3, -0.25) is 5.32 Å². The van der Waals surface area contributed by atoms with Crippen molar-refractivity contribution in [1.82, 2.24) is 0 Å². The molecular formula is C12H15Cl2NO2. The maximum absolute atomic E-state index is 11.6. The predicted molar refractivity (Wildman–Crippen MR) is 71.1 cm³/mol. The molecule has 0 heterocycles. The number of hydrogen-bond acceptors (Lipinski definition) is 2. The molecule has 0 spiro atoms. The fraction of sp³-hybridized carbons (Fsp3) is 0.417. The van der Waals surface area contributed by atoms with E-state index in [1.54, 1.807) is 39.8 Å². The lowest BCUT2D eigenvalue weighted by Crippen LogP contribution is -2.27. The van der Waals surface area contributed by atoms with Crippen LogP contribution < -0.4 is 5.32 Å². The van der Waals surface area contributed by atoms with E-state index < -0.39 is 11.7 Å². The van der Waals surface area contributed by atoms with E-state index in [4.69, 9.17) is 27.9 Å². The van der Waals surface area contributed by atoms with Gasteiger partial charge in [0.25, 0.3) is 0 Å². The van der Waals surface area contributed by atoms with E-state index in [2.05, 4.69) is 5.32 Å². The lowest BCUT2D eigenvalue weighted by atomic mass is 10.2. The summed E-state index contributed by atoms with van der Waals surface area (Å²) in [7, 11) is 0. The first kappa shape index (κ1) is 14.1. The second kappa shape index (κ2) is 5.15. The Bertz CT molecular complexity index is 439. The molecule has 94 valence electrons. The minimum absolute atomic E-state index is 0.420. The van der Waals surface area contributed by atoms with Crippen LogP contribution in [0, 0.1) is 6.92 Å². The zero-order valence-electron chi connectivity index (χ0n) is 10.2. The highest BCUT2D eigenvalue weighted by Gasteiger charge is 2.17. The fourth-order valence-electron chi connectivity index (χ4n) is 1.17. The Labute approximate surface area is 111 Å². The summed E-state index contributed by atoms with van der Waals surface area (Å²) in [6.07, 6.45) is -0.541. The molecule has 0 unspecified atom stereocenters. The maximum Gasteiger partial charge on any atom is 0.412 e. The van der Waals surface area contributed by atoms with E-state index in [0.717, 1.165) is 5.56 Å². The summed E-state index contributed by atoms with van der Waals surface area (Å²) in [4.78, 5) is 11.6. The van der Waals surface area contributed by atoms with Crippen molar-refractivity contribution < 1.29 is 9.53 Å². The van der Waals surface area contributed by atoms with Crippen molar-refractivity contribution in [2.24, 2.45) is 0 Å². The Morgan fingerprint density at radius 3 is 2.41 bits per heavy atom. The Morgan fingerprint density at radius 2 is 1.88 bits per heavy atom. The predicted octanol–water partition coefficient (Wildman–Crippen LogP) is 4.65. The van der Waals surface area contributed by atoms with Crippen molar-refractivity contribution >= 4 is 35.0 Å². The number of benzene rings is 1. The van der Waals surface area contributed by atoms with Crippen LogP contribution in [0.4, 0.5) is 10.5 Å². The smallest absolute Gasteiger partial charge is 0.412 e. The van der Waals surface area contributed by atoms with Gasteiger partial charge in [0, 0.05) is 5.02 Å². The number of anilines is 1. The van der Waals surface area contributed by atoms with Crippen molar-refractivity contribution in [3.63, 3.8) is 0 Å². The second-order valence-corrected chi connectivity index (χ2v) is 5.45. The minimum Gasteiger partial charge on any atom is -0.444 e. The molecule has 0 aliphatic rings. The van der Waals surface area contributed by atoms with Gasteiger partial charge >= 0.3 is 6.09 Å². The highest BCUT2D eigenvalue weighted by atomic mass is 35.5. The van der Waals surface area contributed by atoms with E-state index in [9.17, 15) is 4.79 Å². The third-order valence-electron chi connectivity index (χ3n) is 1.96. The first-order valence-electron chi connectivity index (χ1n) is 5.15. The number of halogens is 2. The lowest BCUT2D eigenvalue weighted by molar-refractivity contribution is 0.0636. The van der Waals surface area contributed by atoms with E-state index in [1.807, 2.05) is 0 Å². The van der Waals surface area contributed by atoms with Gasteiger partial charge in [-0.05, 0) is 45.4 Å². The van der Waals surface area contributed by atoms with Gasteiger partial charge in [-0.1, -0.05) is 23.2 Å². The van der Waals surface area contributed by atoms with Crippen LogP contribution in [-0.4, -0.2) is 11.7 Å². The normalized spacial score (nSPS) is 11.2. The van der Waals surface area contributed by atoms with Crippen LogP contribution in [0.2, 0.25) is 10.0 Å². The first-order chi connectivity index (χ1) is 7.70. The van der Waals surface area contributed by atoms with Crippen LogP contribution in [-0.2, 0) is 4.74 Å². The van der Waals surface area contributed by atoms with Crippen LogP contribution in [0.3, 0.4) is 0 Å². The van der Waals surface area contributed by atoms with Crippen molar-refractivity contribution in [2.45, 2.75) is 33.3 Å². The largest absolute Gasteiger partial charge is 0.444 e. The molecule has 0 atom stereocenters. The van der Waals surface area contributed by atoms with Gasteiger partial charge in [-0.25, -0.2) is 4.79 Å². The molecule has 0 saturated carbocycles. The zero-order valence-corrected chi connectivity index (χ0v) is 11.7. The molecule has 1 amide bonds. The quantitative estimate of drug-likeness (QED) is 0.810. The van der Waals surface area contributed by atoms with Gasteiger partial charge in [-0.15, -0.1) is 0 Å². The average Bonchev–Trinajstić information content (AvgIpc) is 2.16. The summed E-state index contributed by atoms with van der Waals surface area (Å²) < 4.78 is 5.13. The SMILES string of the molecule is Cc1c(Cl)ccc(NC(=O)OC(C)(C)C)c1Cl. The highest BCUT2D eigenvalue weighted by molar-refractivity contribution is 6.38. The summed E-state index contributed by atoms with van der Waals surface area (Å²) in [6.45, 7) is 7.16. The lowest BCUT2D eigenvalue weighted by Gasteiger charge is -2.20. The Morgan fingerprint density at radius 1 is 1.29 bits per heavy atom. The molecule has 0 aliphatic heterocycles. The molecule has 3 nitrogen and oxygen atoms in total. The summed E-state index contributed by atoms with van der Waals surface area (Å²) in [5.41, 5.74) is 0.669. The molecule has 0 fully saturated rings. The number of carbonyl (C=O) groups excluding carboxylic acids is 1. The molecule has 17 heavy (non-hydrogen) atoms. The molecule has 0 bridgehead atoms. The summed E-state index contributed by atoms with van der Waals surface area (Å²) in [5.74, 6) is 0. The van der Waals surface area contributed by atoms with Crippen molar-refractivity contribution in [1.29, 1.82) is 0 Å². The number of nitrogens with one attached hydrogen (secondary N) is 1. The Hall–Kier alpha value is -0.930. The molecule has 0 aromatic heterocycles. The van der Waals surface area contributed by atoms with Crippen molar-refractivity contribution in [3.8, 4) is 0 Å². The van der Waals surface area contributed by atoms with Gasteiger partial charge < -0.3 is 4.74 Å². The van der Waals surface area contributed by atoms with Crippen molar-refractivity contribution in [2.75, 3.05) is 5.32 Å². The van der Waals surface area contributed by atoms with Crippen molar-refractivity contribution in [3.05, 3.63) is 27.7 Å². The van der Waals surface area contributed by atoms with Gasteiger partial charge in [0.1, 0.15) is 5.60 Å². The molecule has 1 aromatic rings. The first-order valence-corrected chi connectivity index (χ1v) is 5.91. The summed E-state index contributed by atoms with van der Waals surface area (Å²) >= 11 is 12.0. The molecule has 1 rings (SSSR count). The molecule has 0 radical (unpaired) electrons. The number of amides is 1.